The van der Waals surface area contributed by atoms with Crippen molar-refractivity contribution in [3.05, 3.63) is 57.8 Å². The Kier molecular flexibility index (Phi) is 6.42. The molecule has 0 radical (unpaired) electrons. The number of hydrogen-bond acceptors (Lipinski definition) is 5. The van der Waals surface area contributed by atoms with Crippen molar-refractivity contribution in [2.24, 2.45) is 11.7 Å². The standard InChI is InChI=1S/C22H29N3O2S/c23-21(17-7-11-27-12-8-17)22(26)24-14-19(16-4-2-1-3-5-16)25-10-6-20-18(15-25)9-13-28-20/h1-5,9,13,17,19,21H,6-8,10-12,14-15,23H2,(H,24,26). The summed E-state index contributed by atoms with van der Waals surface area (Å²) in [7, 11) is 0. The van der Waals surface area contributed by atoms with Crippen molar-refractivity contribution in [3.8, 4) is 0 Å². The SMILES string of the molecule is NC(C(=O)NCC(c1ccccc1)N1CCc2sccc2C1)C1CCOCC1. The third-order valence-corrected chi connectivity index (χ3v) is 7.03. The van der Waals surface area contributed by atoms with E-state index in [1.54, 1.807) is 0 Å². The molecule has 2 aromatic rings. The molecule has 6 heteroatoms. The number of thiophene rings is 1. The van der Waals surface area contributed by atoms with E-state index in [-0.39, 0.29) is 17.9 Å². The van der Waals surface area contributed by atoms with Gasteiger partial charge in [-0.2, -0.15) is 0 Å². The van der Waals surface area contributed by atoms with Crippen molar-refractivity contribution >= 4 is 17.2 Å². The van der Waals surface area contributed by atoms with Crippen LogP contribution >= 0.6 is 11.3 Å². The molecule has 3 N–H and O–H groups in total. The molecule has 2 aliphatic rings. The van der Waals surface area contributed by atoms with E-state index in [9.17, 15) is 4.79 Å². The quantitative estimate of drug-likeness (QED) is 0.784. The van der Waals surface area contributed by atoms with E-state index in [1.165, 1.54) is 16.0 Å². The zero-order chi connectivity index (χ0) is 19.3. The molecule has 3 heterocycles. The number of fused-ring (bicyclic) bond motifs is 1. The molecule has 1 saturated heterocycles. The Morgan fingerprint density at radius 3 is 2.82 bits per heavy atom. The fourth-order valence-electron chi connectivity index (χ4n) is 4.27. The predicted octanol–water partition coefficient (Wildman–Crippen LogP) is 2.72. The first-order chi connectivity index (χ1) is 13.7. The second-order valence-corrected chi connectivity index (χ2v) is 8.74. The second kappa shape index (κ2) is 9.18. The van der Waals surface area contributed by atoms with Gasteiger partial charge in [-0.3, -0.25) is 9.69 Å². The van der Waals surface area contributed by atoms with E-state index in [0.29, 0.717) is 19.8 Å². The van der Waals surface area contributed by atoms with Crippen LogP contribution in [-0.4, -0.2) is 43.2 Å². The van der Waals surface area contributed by atoms with Crippen LogP contribution in [0, 0.1) is 5.92 Å². The van der Waals surface area contributed by atoms with Crippen LogP contribution in [0.25, 0.3) is 0 Å². The van der Waals surface area contributed by atoms with Gasteiger partial charge in [-0.15, -0.1) is 11.3 Å². The van der Waals surface area contributed by atoms with Crippen LogP contribution in [0.3, 0.4) is 0 Å². The summed E-state index contributed by atoms with van der Waals surface area (Å²) in [5.41, 5.74) is 8.92. The third-order valence-electron chi connectivity index (χ3n) is 6.01. The summed E-state index contributed by atoms with van der Waals surface area (Å²) >= 11 is 1.85. The first-order valence-corrected chi connectivity index (χ1v) is 11.1. The number of nitrogens with zero attached hydrogens (tertiary/aromatic N) is 1. The monoisotopic (exact) mass is 399 g/mol. The second-order valence-electron chi connectivity index (χ2n) is 7.74. The molecule has 5 nitrogen and oxygen atoms in total. The van der Waals surface area contributed by atoms with E-state index in [0.717, 1.165) is 32.4 Å². The zero-order valence-corrected chi connectivity index (χ0v) is 17.0. The Morgan fingerprint density at radius 2 is 2.04 bits per heavy atom. The van der Waals surface area contributed by atoms with Gasteiger partial charge < -0.3 is 15.8 Å². The van der Waals surface area contributed by atoms with Gasteiger partial charge >= 0.3 is 0 Å². The number of amides is 1. The Bertz CT molecular complexity index is 773. The molecule has 2 aliphatic heterocycles. The predicted molar refractivity (Wildman–Crippen MR) is 112 cm³/mol. The summed E-state index contributed by atoms with van der Waals surface area (Å²) in [5.74, 6) is 0.174. The molecule has 1 fully saturated rings. The number of nitrogens with one attached hydrogen (secondary N) is 1. The van der Waals surface area contributed by atoms with E-state index in [4.69, 9.17) is 10.5 Å². The maximum atomic E-state index is 12.7. The van der Waals surface area contributed by atoms with Crippen molar-refractivity contribution < 1.29 is 9.53 Å². The van der Waals surface area contributed by atoms with Crippen LogP contribution in [0.4, 0.5) is 0 Å². The molecule has 0 saturated carbocycles. The first kappa shape index (κ1) is 19.6. The Labute approximate surface area is 170 Å². The molecular formula is C22H29N3O2S. The van der Waals surface area contributed by atoms with Gasteiger partial charge in [0, 0.05) is 37.7 Å². The van der Waals surface area contributed by atoms with Crippen molar-refractivity contribution in [2.45, 2.75) is 37.9 Å². The number of hydrogen-bond donors (Lipinski definition) is 2. The summed E-state index contributed by atoms with van der Waals surface area (Å²) in [5, 5.41) is 5.33. The third kappa shape index (κ3) is 4.46. The fraction of sp³-hybridized carbons (Fsp3) is 0.500. The van der Waals surface area contributed by atoms with Gasteiger partial charge in [0.2, 0.25) is 5.91 Å². The van der Waals surface area contributed by atoms with Crippen LogP contribution < -0.4 is 11.1 Å². The summed E-state index contributed by atoms with van der Waals surface area (Å²) in [6, 6.07) is 12.4. The minimum atomic E-state index is -0.454. The van der Waals surface area contributed by atoms with Crippen molar-refractivity contribution in [1.82, 2.24) is 10.2 Å². The minimum Gasteiger partial charge on any atom is -0.381 e. The smallest absolute Gasteiger partial charge is 0.237 e. The lowest BCUT2D eigenvalue weighted by Gasteiger charge is -2.35. The van der Waals surface area contributed by atoms with Gasteiger partial charge in [0.15, 0.2) is 0 Å². The van der Waals surface area contributed by atoms with Crippen LogP contribution in [0.15, 0.2) is 41.8 Å². The van der Waals surface area contributed by atoms with Crippen LogP contribution in [0.1, 0.15) is 34.9 Å². The highest BCUT2D eigenvalue weighted by Crippen LogP contribution is 2.30. The molecule has 1 amide bonds. The normalized spacial score (nSPS) is 20.3. The summed E-state index contributed by atoms with van der Waals surface area (Å²) in [6.45, 7) is 3.93. The molecule has 4 rings (SSSR count). The Balaban J connectivity index is 1.43. The maximum Gasteiger partial charge on any atom is 0.237 e. The van der Waals surface area contributed by atoms with Gasteiger partial charge in [-0.25, -0.2) is 0 Å². The number of benzene rings is 1. The summed E-state index contributed by atoms with van der Waals surface area (Å²) < 4.78 is 5.39. The molecule has 2 unspecified atom stereocenters. The molecule has 0 bridgehead atoms. The van der Waals surface area contributed by atoms with E-state index in [2.05, 4.69) is 45.9 Å². The van der Waals surface area contributed by atoms with Crippen molar-refractivity contribution in [1.29, 1.82) is 0 Å². The molecule has 28 heavy (non-hydrogen) atoms. The van der Waals surface area contributed by atoms with Gasteiger partial charge in [-0.1, -0.05) is 30.3 Å². The summed E-state index contributed by atoms with van der Waals surface area (Å²) in [6.07, 6.45) is 2.80. The highest BCUT2D eigenvalue weighted by Gasteiger charge is 2.29. The molecule has 0 spiro atoms. The van der Waals surface area contributed by atoms with Gasteiger partial charge in [-0.05, 0) is 47.8 Å². The number of carbonyl (C=O) groups excluding carboxylic acids is 1. The van der Waals surface area contributed by atoms with Gasteiger partial charge in [0.25, 0.3) is 0 Å². The van der Waals surface area contributed by atoms with E-state index < -0.39 is 6.04 Å². The molecule has 1 aromatic heterocycles. The number of nitrogens with two attached hydrogens (primary N) is 1. The number of carbonyl (C=O) groups is 1. The number of ether oxygens (including phenoxy) is 1. The Hall–Kier alpha value is -1.73. The lowest BCUT2D eigenvalue weighted by atomic mass is 9.91. The average Bonchev–Trinajstić information content (AvgIpc) is 3.22. The topological polar surface area (TPSA) is 67.6 Å². The average molecular weight is 400 g/mol. The lowest BCUT2D eigenvalue weighted by Crippen LogP contribution is -2.49. The first-order valence-electron chi connectivity index (χ1n) is 10.2. The minimum absolute atomic E-state index is 0.0407. The van der Waals surface area contributed by atoms with Crippen LogP contribution in [-0.2, 0) is 22.5 Å². The van der Waals surface area contributed by atoms with Crippen LogP contribution in [0.2, 0.25) is 0 Å². The Morgan fingerprint density at radius 1 is 1.25 bits per heavy atom. The van der Waals surface area contributed by atoms with Crippen LogP contribution in [0.5, 0.6) is 0 Å². The maximum absolute atomic E-state index is 12.7. The highest BCUT2D eigenvalue weighted by atomic mass is 32.1. The highest BCUT2D eigenvalue weighted by molar-refractivity contribution is 7.10. The molecule has 150 valence electrons. The summed E-state index contributed by atoms with van der Waals surface area (Å²) in [4.78, 5) is 16.7. The number of rotatable bonds is 6. The molecule has 1 aromatic carbocycles. The van der Waals surface area contributed by atoms with Gasteiger partial charge in [0.1, 0.15) is 0 Å². The zero-order valence-electron chi connectivity index (χ0n) is 16.2. The fourth-order valence-corrected chi connectivity index (χ4v) is 5.16. The van der Waals surface area contributed by atoms with Crippen molar-refractivity contribution in [3.63, 3.8) is 0 Å². The molecule has 2 atom stereocenters. The molecule has 0 aliphatic carbocycles. The van der Waals surface area contributed by atoms with E-state index in [1.807, 2.05) is 17.4 Å². The lowest BCUT2D eigenvalue weighted by molar-refractivity contribution is -0.124. The molecular weight excluding hydrogens is 370 g/mol. The van der Waals surface area contributed by atoms with Gasteiger partial charge in [0.05, 0.1) is 12.1 Å². The van der Waals surface area contributed by atoms with Crippen molar-refractivity contribution in [2.75, 3.05) is 26.3 Å². The van der Waals surface area contributed by atoms with E-state index >= 15 is 0 Å². The largest absolute Gasteiger partial charge is 0.381 e.